The predicted molar refractivity (Wildman–Crippen MR) is 63.9 cm³/mol. The highest BCUT2D eigenvalue weighted by molar-refractivity contribution is 5.57. The molecule has 17 heavy (non-hydrogen) atoms. The molecule has 2 rings (SSSR count). The SMILES string of the molecule is N#CCC=Cc1cc(F)ccc1OCC1CC1. The van der Waals surface area contributed by atoms with E-state index in [1.54, 1.807) is 18.2 Å². The predicted octanol–water partition coefficient (Wildman–Crippen LogP) is 3.54. The average molecular weight is 231 g/mol. The highest BCUT2D eigenvalue weighted by Crippen LogP contribution is 2.30. The van der Waals surface area contributed by atoms with E-state index in [4.69, 9.17) is 10.00 Å². The molecule has 0 N–H and O–H groups in total. The molecule has 0 aromatic heterocycles. The standard InChI is InChI=1S/C14H14FNO/c15-13-6-7-14(17-10-11-4-5-11)12(9-13)3-1-2-8-16/h1,3,6-7,9,11H,2,4-5,10H2. The Hall–Kier alpha value is -1.82. The summed E-state index contributed by atoms with van der Waals surface area (Å²) in [6.07, 6.45) is 6.20. The van der Waals surface area contributed by atoms with Crippen LogP contribution in [0.4, 0.5) is 4.39 Å². The summed E-state index contributed by atoms with van der Waals surface area (Å²) in [4.78, 5) is 0. The Bertz CT molecular complexity index is 458. The van der Waals surface area contributed by atoms with E-state index in [0.717, 1.165) is 0 Å². The van der Waals surface area contributed by atoms with Crippen molar-refractivity contribution >= 4 is 6.08 Å². The van der Waals surface area contributed by atoms with Crippen molar-refractivity contribution in [3.05, 3.63) is 35.7 Å². The summed E-state index contributed by atoms with van der Waals surface area (Å²) in [6, 6.07) is 6.47. The molecular weight excluding hydrogens is 217 g/mol. The van der Waals surface area contributed by atoms with Gasteiger partial charge in [0.25, 0.3) is 0 Å². The fourth-order valence-corrected chi connectivity index (χ4v) is 1.51. The van der Waals surface area contributed by atoms with Crippen LogP contribution in [0.15, 0.2) is 24.3 Å². The van der Waals surface area contributed by atoms with Crippen LogP contribution in [0.25, 0.3) is 6.08 Å². The van der Waals surface area contributed by atoms with E-state index < -0.39 is 0 Å². The number of hydrogen-bond donors (Lipinski definition) is 0. The van der Waals surface area contributed by atoms with Gasteiger partial charge in [-0.05, 0) is 37.0 Å². The molecule has 3 heteroatoms. The smallest absolute Gasteiger partial charge is 0.126 e. The minimum atomic E-state index is -0.291. The molecule has 0 amide bonds. The van der Waals surface area contributed by atoms with E-state index in [2.05, 4.69) is 0 Å². The summed E-state index contributed by atoms with van der Waals surface area (Å²) in [5, 5.41) is 8.45. The van der Waals surface area contributed by atoms with Gasteiger partial charge in [0.1, 0.15) is 11.6 Å². The molecule has 88 valence electrons. The number of nitrogens with zero attached hydrogens (tertiary/aromatic N) is 1. The number of ether oxygens (including phenoxy) is 1. The van der Waals surface area contributed by atoms with Gasteiger partial charge in [-0.2, -0.15) is 5.26 Å². The Morgan fingerprint density at radius 1 is 1.47 bits per heavy atom. The highest BCUT2D eigenvalue weighted by atomic mass is 19.1. The first kappa shape index (κ1) is 11.7. The zero-order chi connectivity index (χ0) is 12.1. The summed E-state index contributed by atoms with van der Waals surface area (Å²) >= 11 is 0. The van der Waals surface area contributed by atoms with Gasteiger partial charge in [0, 0.05) is 5.56 Å². The fraction of sp³-hybridized carbons (Fsp3) is 0.357. The van der Waals surface area contributed by atoms with Gasteiger partial charge in [-0.1, -0.05) is 12.2 Å². The fourth-order valence-electron chi connectivity index (χ4n) is 1.51. The van der Waals surface area contributed by atoms with Crippen LogP contribution in [-0.4, -0.2) is 6.61 Å². The van der Waals surface area contributed by atoms with Gasteiger partial charge in [-0.3, -0.25) is 0 Å². The number of allylic oxidation sites excluding steroid dienone is 1. The van der Waals surface area contributed by atoms with Crippen LogP contribution in [0.5, 0.6) is 5.75 Å². The molecule has 0 heterocycles. The molecule has 1 aromatic rings. The largest absolute Gasteiger partial charge is 0.493 e. The molecule has 0 aliphatic heterocycles. The van der Waals surface area contributed by atoms with Crippen LogP contribution in [0.2, 0.25) is 0 Å². The van der Waals surface area contributed by atoms with Gasteiger partial charge in [0.15, 0.2) is 0 Å². The van der Waals surface area contributed by atoms with E-state index in [1.165, 1.54) is 25.0 Å². The van der Waals surface area contributed by atoms with Crippen molar-refractivity contribution in [2.24, 2.45) is 5.92 Å². The maximum Gasteiger partial charge on any atom is 0.126 e. The van der Waals surface area contributed by atoms with Crippen LogP contribution >= 0.6 is 0 Å². The van der Waals surface area contributed by atoms with Gasteiger partial charge >= 0.3 is 0 Å². The highest BCUT2D eigenvalue weighted by Gasteiger charge is 2.22. The lowest BCUT2D eigenvalue weighted by atomic mass is 10.1. The Balaban J connectivity index is 2.08. The zero-order valence-corrected chi connectivity index (χ0v) is 9.53. The normalized spacial score (nSPS) is 14.8. The number of rotatable bonds is 5. The van der Waals surface area contributed by atoms with Crippen LogP contribution in [-0.2, 0) is 0 Å². The van der Waals surface area contributed by atoms with Crippen LogP contribution in [0, 0.1) is 23.1 Å². The second-order valence-corrected chi connectivity index (χ2v) is 4.20. The molecule has 0 unspecified atom stereocenters. The zero-order valence-electron chi connectivity index (χ0n) is 9.53. The summed E-state index contributed by atoms with van der Waals surface area (Å²) in [6.45, 7) is 0.699. The Morgan fingerprint density at radius 3 is 3.00 bits per heavy atom. The van der Waals surface area contributed by atoms with Crippen molar-refractivity contribution in [2.45, 2.75) is 19.3 Å². The molecule has 2 nitrogen and oxygen atoms in total. The van der Waals surface area contributed by atoms with Crippen molar-refractivity contribution in [3.63, 3.8) is 0 Å². The molecule has 1 aliphatic carbocycles. The minimum absolute atomic E-state index is 0.291. The maximum atomic E-state index is 13.1. The van der Waals surface area contributed by atoms with Gasteiger partial charge in [-0.25, -0.2) is 4.39 Å². The topological polar surface area (TPSA) is 33.0 Å². The van der Waals surface area contributed by atoms with Gasteiger partial charge in [0.2, 0.25) is 0 Å². The first-order valence-corrected chi connectivity index (χ1v) is 5.75. The molecule has 1 saturated carbocycles. The summed E-state index contributed by atoms with van der Waals surface area (Å²) in [7, 11) is 0. The summed E-state index contributed by atoms with van der Waals surface area (Å²) in [5.41, 5.74) is 0.695. The number of hydrogen-bond acceptors (Lipinski definition) is 2. The lowest BCUT2D eigenvalue weighted by Crippen LogP contribution is -2.00. The summed E-state index contributed by atoms with van der Waals surface area (Å²) < 4.78 is 18.8. The lowest BCUT2D eigenvalue weighted by molar-refractivity contribution is 0.298. The maximum absolute atomic E-state index is 13.1. The molecule has 1 aromatic carbocycles. The molecule has 0 spiro atoms. The molecule has 0 atom stereocenters. The third kappa shape index (κ3) is 3.60. The van der Waals surface area contributed by atoms with Crippen LogP contribution in [0.3, 0.4) is 0 Å². The molecule has 1 fully saturated rings. The number of halogens is 1. The third-order valence-corrected chi connectivity index (χ3v) is 2.65. The quantitative estimate of drug-likeness (QED) is 0.776. The molecule has 0 saturated heterocycles. The van der Waals surface area contributed by atoms with E-state index in [-0.39, 0.29) is 5.82 Å². The van der Waals surface area contributed by atoms with E-state index >= 15 is 0 Å². The molecule has 0 radical (unpaired) electrons. The monoisotopic (exact) mass is 231 g/mol. The molecule has 1 aliphatic rings. The van der Waals surface area contributed by atoms with Crippen molar-refractivity contribution in [2.75, 3.05) is 6.61 Å². The first-order chi connectivity index (χ1) is 8.29. The van der Waals surface area contributed by atoms with Crippen LogP contribution in [0.1, 0.15) is 24.8 Å². The van der Waals surface area contributed by atoms with Gasteiger partial charge < -0.3 is 4.74 Å². The van der Waals surface area contributed by atoms with Crippen molar-refractivity contribution < 1.29 is 9.13 Å². The Kier molecular flexibility index (Phi) is 3.77. The Labute approximate surface area is 100 Å². The van der Waals surface area contributed by atoms with Crippen molar-refractivity contribution in [1.82, 2.24) is 0 Å². The second-order valence-electron chi connectivity index (χ2n) is 4.20. The van der Waals surface area contributed by atoms with Gasteiger partial charge in [0.05, 0.1) is 19.1 Å². The Morgan fingerprint density at radius 2 is 2.29 bits per heavy atom. The summed E-state index contributed by atoms with van der Waals surface area (Å²) in [5.74, 6) is 1.06. The van der Waals surface area contributed by atoms with Crippen molar-refractivity contribution in [3.8, 4) is 11.8 Å². The second kappa shape index (κ2) is 5.49. The van der Waals surface area contributed by atoms with E-state index in [9.17, 15) is 4.39 Å². The molecule has 0 bridgehead atoms. The first-order valence-electron chi connectivity index (χ1n) is 5.75. The van der Waals surface area contributed by atoms with Crippen LogP contribution < -0.4 is 4.74 Å². The molecular formula is C14H14FNO. The van der Waals surface area contributed by atoms with Crippen molar-refractivity contribution in [1.29, 1.82) is 5.26 Å². The number of benzene rings is 1. The lowest BCUT2D eigenvalue weighted by Gasteiger charge is -2.08. The van der Waals surface area contributed by atoms with Gasteiger partial charge in [-0.15, -0.1) is 0 Å². The van der Waals surface area contributed by atoms with E-state index in [0.29, 0.717) is 30.3 Å². The van der Waals surface area contributed by atoms with E-state index in [1.807, 2.05) is 6.07 Å². The minimum Gasteiger partial charge on any atom is -0.493 e. The number of nitriles is 1. The average Bonchev–Trinajstić information content (AvgIpc) is 3.12. The third-order valence-electron chi connectivity index (χ3n) is 2.65.